The van der Waals surface area contributed by atoms with Crippen LogP contribution in [0.5, 0.6) is 0 Å². The van der Waals surface area contributed by atoms with E-state index in [1.807, 2.05) is 54.2 Å². The second kappa shape index (κ2) is 6.79. The second-order valence-corrected chi connectivity index (χ2v) is 5.94. The average Bonchev–Trinajstić information content (AvgIpc) is 3.29. The molecule has 26 heavy (non-hydrogen) atoms. The zero-order chi connectivity index (χ0) is 17.9. The van der Waals surface area contributed by atoms with Gasteiger partial charge in [-0.25, -0.2) is 9.67 Å². The topological polar surface area (TPSA) is 85.8 Å². The molecule has 0 saturated carbocycles. The first-order valence-corrected chi connectivity index (χ1v) is 8.31. The van der Waals surface area contributed by atoms with Gasteiger partial charge in [0.15, 0.2) is 0 Å². The molecule has 3 heterocycles. The number of amides is 1. The van der Waals surface area contributed by atoms with Crippen molar-refractivity contribution in [1.82, 2.24) is 25.2 Å². The van der Waals surface area contributed by atoms with Gasteiger partial charge in [0.05, 0.1) is 28.0 Å². The second-order valence-electron chi connectivity index (χ2n) is 5.94. The van der Waals surface area contributed by atoms with Gasteiger partial charge in [0, 0.05) is 25.4 Å². The quantitative estimate of drug-likeness (QED) is 0.600. The zero-order valence-electron chi connectivity index (χ0n) is 14.2. The Kier molecular flexibility index (Phi) is 4.18. The highest BCUT2D eigenvalue weighted by atomic mass is 16.5. The predicted molar refractivity (Wildman–Crippen MR) is 96.1 cm³/mol. The van der Waals surface area contributed by atoms with Crippen LogP contribution in [0.25, 0.3) is 16.8 Å². The number of carbonyl (C=O) groups excluding carboxylic acids is 1. The Hall–Kier alpha value is -3.48. The molecular weight excluding hydrogens is 330 g/mol. The largest absolute Gasteiger partial charge is 0.352 e. The summed E-state index contributed by atoms with van der Waals surface area (Å²) in [5, 5.41) is 12.0. The standard InChI is InChI=1S/C19H17N5O2/c1-13-17-11-14(12-21-19(17)26-23-13)18(25)20-9-7-15-8-10-24(22-15)16-5-3-2-4-6-16/h2-6,8,10-12H,7,9H2,1H3,(H,20,25). The van der Waals surface area contributed by atoms with E-state index in [0.717, 1.165) is 16.8 Å². The third-order valence-electron chi connectivity index (χ3n) is 4.10. The zero-order valence-corrected chi connectivity index (χ0v) is 14.2. The fourth-order valence-electron chi connectivity index (χ4n) is 2.69. The lowest BCUT2D eigenvalue weighted by molar-refractivity contribution is 0.0954. The Bertz CT molecular complexity index is 1050. The van der Waals surface area contributed by atoms with Crippen LogP contribution in [-0.4, -0.2) is 32.4 Å². The molecule has 0 bridgehead atoms. The summed E-state index contributed by atoms with van der Waals surface area (Å²) in [5.74, 6) is -0.178. The molecule has 4 aromatic rings. The highest BCUT2D eigenvalue weighted by Gasteiger charge is 2.11. The molecule has 0 aliphatic rings. The van der Waals surface area contributed by atoms with Gasteiger partial charge in [0.25, 0.3) is 11.6 Å². The molecular formula is C19H17N5O2. The van der Waals surface area contributed by atoms with E-state index in [0.29, 0.717) is 29.9 Å². The van der Waals surface area contributed by atoms with Gasteiger partial charge < -0.3 is 9.84 Å². The van der Waals surface area contributed by atoms with Gasteiger partial charge in [-0.3, -0.25) is 4.79 Å². The van der Waals surface area contributed by atoms with E-state index in [4.69, 9.17) is 4.52 Å². The smallest absolute Gasteiger partial charge is 0.257 e. The van der Waals surface area contributed by atoms with E-state index in [-0.39, 0.29) is 5.91 Å². The lowest BCUT2D eigenvalue weighted by atomic mass is 10.2. The highest BCUT2D eigenvalue weighted by Crippen LogP contribution is 2.16. The van der Waals surface area contributed by atoms with Crippen LogP contribution in [0.3, 0.4) is 0 Å². The minimum Gasteiger partial charge on any atom is -0.352 e. The first-order valence-electron chi connectivity index (χ1n) is 8.31. The van der Waals surface area contributed by atoms with Crippen LogP contribution >= 0.6 is 0 Å². The molecule has 0 unspecified atom stereocenters. The Morgan fingerprint density at radius 2 is 2.08 bits per heavy atom. The first-order chi connectivity index (χ1) is 12.7. The van der Waals surface area contributed by atoms with E-state index in [9.17, 15) is 4.79 Å². The minimum atomic E-state index is -0.178. The molecule has 7 nitrogen and oxygen atoms in total. The van der Waals surface area contributed by atoms with E-state index in [2.05, 4.69) is 20.6 Å². The molecule has 0 saturated heterocycles. The number of rotatable bonds is 5. The first kappa shape index (κ1) is 16.0. The number of hydrogen-bond acceptors (Lipinski definition) is 5. The van der Waals surface area contributed by atoms with E-state index < -0.39 is 0 Å². The Balaban J connectivity index is 1.37. The van der Waals surface area contributed by atoms with E-state index in [1.54, 1.807) is 6.07 Å². The van der Waals surface area contributed by atoms with Crippen molar-refractivity contribution < 1.29 is 9.32 Å². The van der Waals surface area contributed by atoms with Crippen molar-refractivity contribution in [2.24, 2.45) is 0 Å². The Labute approximate surface area is 149 Å². The van der Waals surface area contributed by atoms with E-state index >= 15 is 0 Å². The number of benzene rings is 1. The number of hydrogen-bond donors (Lipinski definition) is 1. The number of aryl methyl sites for hydroxylation is 1. The van der Waals surface area contributed by atoms with Gasteiger partial charge in [0.1, 0.15) is 0 Å². The van der Waals surface area contributed by atoms with Crippen molar-refractivity contribution in [3.63, 3.8) is 0 Å². The summed E-state index contributed by atoms with van der Waals surface area (Å²) in [6.45, 7) is 2.31. The molecule has 0 aliphatic carbocycles. The SMILES string of the molecule is Cc1noc2ncc(C(=O)NCCc3ccn(-c4ccccc4)n3)cc12. The van der Waals surface area contributed by atoms with Gasteiger partial charge in [-0.15, -0.1) is 0 Å². The van der Waals surface area contributed by atoms with Crippen molar-refractivity contribution in [3.8, 4) is 5.69 Å². The molecule has 130 valence electrons. The molecule has 3 aromatic heterocycles. The van der Waals surface area contributed by atoms with Crippen LogP contribution in [0, 0.1) is 6.92 Å². The lowest BCUT2D eigenvalue weighted by Crippen LogP contribution is -2.25. The van der Waals surface area contributed by atoms with Crippen LogP contribution < -0.4 is 5.32 Å². The number of pyridine rings is 1. The van der Waals surface area contributed by atoms with Gasteiger partial charge in [-0.1, -0.05) is 23.4 Å². The average molecular weight is 347 g/mol. The molecule has 7 heteroatoms. The van der Waals surface area contributed by atoms with E-state index in [1.165, 1.54) is 6.20 Å². The van der Waals surface area contributed by atoms with Crippen molar-refractivity contribution in [1.29, 1.82) is 0 Å². The molecule has 0 spiro atoms. The predicted octanol–water partition coefficient (Wildman–Crippen LogP) is 2.69. The number of para-hydroxylation sites is 1. The van der Waals surface area contributed by atoms with Gasteiger partial charge in [-0.05, 0) is 31.2 Å². The number of nitrogens with zero attached hydrogens (tertiary/aromatic N) is 4. The van der Waals surface area contributed by atoms with Crippen LogP contribution in [0.1, 0.15) is 21.7 Å². The van der Waals surface area contributed by atoms with Crippen LogP contribution in [0.15, 0.2) is 59.4 Å². The normalized spacial score (nSPS) is 11.0. The van der Waals surface area contributed by atoms with Gasteiger partial charge in [-0.2, -0.15) is 5.10 Å². The molecule has 1 amide bonds. The Morgan fingerprint density at radius 1 is 1.23 bits per heavy atom. The number of nitrogens with one attached hydrogen (secondary N) is 1. The lowest BCUT2D eigenvalue weighted by Gasteiger charge is -2.04. The maximum atomic E-state index is 12.3. The number of aromatic nitrogens is 4. The monoisotopic (exact) mass is 347 g/mol. The third kappa shape index (κ3) is 3.19. The molecule has 4 rings (SSSR count). The molecule has 0 fully saturated rings. The van der Waals surface area contributed by atoms with Crippen molar-refractivity contribution >= 4 is 17.0 Å². The van der Waals surface area contributed by atoms with Crippen molar-refractivity contribution in [2.45, 2.75) is 13.3 Å². The summed E-state index contributed by atoms with van der Waals surface area (Å²) in [4.78, 5) is 16.4. The molecule has 0 radical (unpaired) electrons. The summed E-state index contributed by atoms with van der Waals surface area (Å²) in [5.41, 5.74) is 3.56. The highest BCUT2D eigenvalue weighted by molar-refractivity contribution is 5.96. The fourth-order valence-corrected chi connectivity index (χ4v) is 2.69. The molecule has 0 aliphatic heterocycles. The third-order valence-corrected chi connectivity index (χ3v) is 4.10. The molecule has 1 N–H and O–H groups in total. The van der Waals surface area contributed by atoms with Crippen LogP contribution in [-0.2, 0) is 6.42 Å². The van der Waals surface area contributed by atoms with Crippen molar-refractivity contribution in [3.05, 3.63) is 71.8 Å². The minimum absolute atomic E-state index is 0.178. The summed E-state index contributed by atoms with van der Waals surface area (Å²) < 4.78 is 6.88. The number of fused-ring (bicyclic) bond motifs is 1. The van der Waals surface area contributed by atoms with Crippen LogP contribution in [0.2, 0.25) is 0 Å². The van der Waals surface area contributed by atoms with Gasteiger partial charge in [0.2, 0.25) is 0 Å². The van der Waals surface area contributed by atoms with Gasteiger partial charge >= 0.3 is 0 Å². The molecule has 1 aromatic carbocycles. The van der Waals surface area contributed by atoms with Crippen LogP contribution in [0.4, 0.5) is 0 Å². The molecule has 0 atom stereocenters. The maximum Gasteiger partial charge on any atom is 0.257 e. The fraction of sp³-hybridized carbons (Fsp3) is 0.158. The summed E-state index contributed by atoms with van der Waals surface area (Å²) in [6, 6.07) is 13.6. The maximum absolute atomic E-state index is 12.3. The number of carbonyl (C=O) groups is 1. The van der Waals surface area contributed by atoms with Crippen molar-refractivity contribution in [2.75, 3.05) is 6.54 Å². The summed E-state index contributed by atoms with van der Waals surface area (Å²) in [6.07, 6.45) is 4.05. The summed E-state index contributed by atoms with van der Waals surface area (Å²) >= 11 is 0. The summed E-state index contributed by atoms with van der Waals surface area (Å²) in [7, 11) is 0. The Morgan fingerprint density at radius 3 is 2.92 bits per heavy atom.